The topological polar surface area (TPSA) is 43.6 Å². The molecule has 0 aliphatic carbocycles. The maximum Gasteiger partial charge on any atom is 0.164 e. The number of nitrogens with zero attached hydrogens (tertiary/aromatic N) is 4. The lowest BCUT2D eigenvalue weighted by Crippen LogP contribution is -1.99. The summed E-state index contributed by atoms with van der Waals surface area (Å²) in [5.74, 6) is 2.00. The van der Waals surface area contributed by atoms with E-state index in [-0.39, 0.29) is 0 Å². The van der Waals surface area contributed by atoms with Gasteiger partial charge >= 0.3 is 0 Å². The molecule has 57 heavy (non-hydrogen) atoms. The van der Waals surface area contributed by atoms with Crippen molar-refractivity contribution >= 4 is 84.8 Å². The molecule has 0 atom stereocenters. The minimum absolute atomic E-state index is 0.666. The van der Waals surface area contributed by atoms with Crippen molar-refractivity contribution in [3.05, 3.63) is 182 Å². The van der Waals surface area contributed by atoms with E-state index in [9.17, 15) is 0 Å². The lowest BCUT2D eigenvalue weighted by Gasteiger charge is -2.08. The van der Waals surface area contributed by atoms with Gasteiger partial charge in [-0.3, -0.25) is 0 Å². The zero-order chi connectivity index (χ0) is 37.5. The molecule has 0 aliphatic heterocycles. The normalized spacial score (nSPS) is 11.9. The van der Waals surface area contributed by atoms with E-state index in [0.29, 0.717) is 17.5 Å². The van der Waals surface area contributed by atoms with Crippen LogP contribution in [-0.2, 0) is 0 Å². The van der Waals surface area contributed by atoms with Gasteiger partial charge in [0.05, 0.1) is 11.0 Å². The average Bonchev–Trinajstić information content (AvgIpc) is 3.95. The van der Waals surface area contributed by atoms with E-state index in [1.54, 1.807) is 0 Å². The maximum absolute atomic E-state index is 4.98. The molecule has 0 fully saturated rings. The number of aromatic nitrogens is 4. The van der Waals surface area contributed by atoms with Crippen LogP contribution in [0.4, 0.5) is 0 Å². The van der Waals surface area contributed by atoms with Gasteiger partial charge in [-0.1, -0.05) is 127 Å². The van der Waals surface area contributed by atoms with Gasteiger partial charge in [-0.15, -0.1) is 22.7 Å². The third kappa shape index (κ3) is 5.30. The van der Waals surface area contributed by atoms with Crippen molar-refractivity contribution in [3.8, 4) is 51.0 Å². The molecule has 0 amide bonds. The van der Waals surface area contributed by atoms with Crippen LogP contribution >= 0.6 is 22.7 Å². The van der Waals surface area contributed by atoms with E-state index in [1.165, 1.54) is 79.0 Å². The van der Waals surface area contributed by atoms with Crippen LogP contribution in [0.5, 0.6) is 0 Å². The Labute approximate surface area is 335 Å². The summed E-state index contributed by atoms with van der Waals surface area (Å²) in [5, 5.41) is 7.64. The highest BCUT2D eigenvalue weighted by Gasteiger charge is 2.16. The molecule has 0 radical (unpaired) electrons. The van der Waals surface area contributed by atoms with Crippen LogP contribution in [0.3, 0.4) is 0 Å². The van der Waals surface area contributed by atoms with Crippen LogP contribution in [0, 0.1) is 0 Å². The van der Waals surface area contributed by atoms with Gasteiger partial charge in [0.25, 0.3) is 0 Å². The van der Waals surface area contributed by atoms with Gasteiger partial charge in [-0.2, -0.15) is 0 Å². The molecular weight excluding hydrogens is 733 g/mol. The third-order valence-corrected chi connectivity index (χ3v) is 13.3. The molecular formula is C51H30N4S2. The van der Waals surface area contributed by atoms with Crippen LogP contribution in [0.1, 0.15) is 0 Å². The predicted molar refractivity (Wildman–Crippen MR) is 242 cm³/mol. The Morgan fingerprint density at radius 3 is 1.32 bits per heavy atom. The minimum Gasteiger partial charge on any atom is -0.309 e. The number of rotatable bonds is 5. The summed E-state index contributed by atoms with van der Waals surface area (Å²) < 4.78 is 7.46. The molecule has 0 spiro atoms. The first-order valence-corrected chi connectivity index (χ1v) is 20.6. The van der Waals surface area contributed by atoms with Crippen molar-refractivity contribution in [2.75, 3.05) is 0 Å². The molecule has 12 rings (SSSR count). The first-order valence-electron chi connectivity index (χ1n) is 19.0. The van der Waals surface area contributed by atoms with Gasteiger partial charge in [-0.25, -0.2) is 15.0 Å². The number of fused-ring (bicyclic) bond motifs is 9. The van der Waals surface area contributed by atoms with Gasteiger partial charge < -0.3 is 4.57 Å². The number of benzene rings is 8. The molecule has 4 nitrogen and oxygen atoms in total. The van der Waals surface area contributed by atoms with E-state index >= 15 is 0 Å². The summed E-state index contributed by atoms with van der Waals surface area (Å²) in [6.07, 6.45) is 0. The summed E-state index contributed by atoms with van der Waals surface area (Å²) in [6.45, 7) is 0. The van der Waals surface area contributed by atoms with Crippen LogP contribution < -0.4 is 0 Å². The summed E-state index contributed by atoms with van der Waals surface area (Å²) in [5.41, 5.74) is 8.99. The van der Waals surface area contributed by atoms with E-state index in [1.807, 2.05) is 83.3 Å². The molecule has 4 aromatic heterocycles. The number of thiophene rings is 2. The molecule has 0 saturated carbocycles. The highest BCUT2D eigenvalue weighted by atomic mass is 32.1. The molecule has 0 aliphatic rings. The van der Waals surface area contributed by atoms with Crippen molar-refractivity contribution < 1.29 is 0 Å². The fourth-order valence-electron chi connectivity index (χ4n) is 8.32. The molecule has 4 heterocycles. The molecule has 12 aromatic rings. The van der Waals surface area contributed by atoms with Crippen molar-refractivity contribution in [1.29, 1.82) is 0 Å². The van der Waals surface area contributed by atoms with Crippen molar-refractivity contribution in [2.24, 2.45) is 0 Å². The standard InChI is InChI=1S/C51H30N4S2/c1-3-11-31(12-4-1)49-52-50(32-13-5-2-6-14-32)54-51(53-49)35-19-23-39-41-27-33(20-25-45(41)56-47(39)29-35)34-21-26-46-42(28-34)40-24-22-36(30-48(40)57-46)55-43-17-9-7-15-37(43)38-16-8-10-18-44(38)55/h1-30H. The highest BCUT2D eigenvalue weighted by molar-refractivity contribution is 7.26. The van der Waals surface area contributed by atoms with Crippen LogP contribution in [0.2, 0.25) is 0 Å². The van der Waals surface area contributed by atoms with Gasteiger partial charge in [0.2, 0.25) is 0 Å². The molecule has 0 bridgehead atoms. The van der Waals surface area contributed by atoms with Gasteiger partial charge in [0, 0.05) is 73.5 Å². The van der Waals surface area contributed by atoms with Crippen molar-refractivity contribution in [3.63, 3.8) is 0 Å². The minimum atomic E-state index is 0.666. The number of hydrogen-bond acceptors (Lipinski definition) is 5. The quantitative estimate of drug-likeness (QED) is 0.175. The van der Waals surface area contributed by atoms with Gasteiger partial charge in [0.1, 0.15) is 0 Å². The van der Waals surface area contributed by atoms with Crippen LogP contribution in [0.25, 0.3) is 113 Å². The Bertz CT molecular complexity index is 3410. The lowest BCUT2D eigenvalue weighted by atomic mass is 10.0. The Kier molecular flexibility index (Phi) is 7.24. The lowest BCUT2D eigenvalue weighted by molar-refractivity contribution is 1.07. The molecule has 0 unspecified atom stereocenters. The maximum atomic E-state index is 4.98. The predicted octanol–water partition coefficient (Wildman–Crippen LogP) is 14.4. The van der Waals surface area contributed by atoms with E-state index in [2.05, 4.69) is 126 Å². The zero-order valence-electron chi connectivity index (χ0n) is 30.4. The van der Waals surface area contributed by atoms with E-state index in [4.69, 9.17) is 15.0 Å². The Hall–Kier alpha value is -6.99. The molecule has 8 aromatic carbocycles. The summed E-state index contributed by atoms with van der Waals surface area (Å²) in [4.78, 5) is 14.8. The summed E-state index contributed by atoms with van der Waals surface area (Å²) >= 11 is 3.68. The Balaban J connectivity index is 0.925. The van der Waals surface area contributed by atoms with Crippen LogP contribution in [-0.4, -0.2) is 19.5 Å². The van der Waals surface area contributed by atoms with Crippen molar-refractivity contribution in [1.82, 2.24) is 19.5 Å². The number of para-hydroxylation sites is 2. The Morgan fingerprint density at radius 2 is 0.754 bits per heavy atom. The highest BCUT2D eigenvalue weighted by Crippen LogP contribution is 2.42. The monoisotopic (exact) mass is 762 g/mol. The molecule has 266 valence electrons. The SMILES string of the molecule is c1ccc(-c2nc(-c3ccccc3)nc(-c3ccc4c(c3)sc3ccc(-c5ccc6sc7cc(-n8c9ccccc9c9ccccc98)ccc7c6c5)cc34)n2)cc1. The number of hydrogen-bond donors (Lipinski definition) is 0. The molecule has 0 saturated heterocycles. The molecule has 6 heteroatoms. The fraction of sp³-hybridized carbons (Fsp3) is 0. The first-order chi connectivity index (χ1) is 28.2. The van der Waals surface area contributed by atoms with Gasteiger partial charge in [0.15, 0.2) is 17.5 Å². The Morgan fingerprint density at radius 1 is 0.298 bits per heavy atom. The van der Waals surface area contributed by atoms with Gasteiger partial charge in [-0.05, 0) is 65.7 Å². The van der Waals surface area contributed by atoms with Crippen molar-refractivity contribution in [2.45, 2.75) is 0 Å². The average molecular weight is 763 g/mol. The van der Waals surface area contributed by atoms with E-state index < -0.39 is 0 Å². The summed E-state index contributed by atoms with van der Waals surface area (Å²) in [7, 11) is 0. The third-order valence-electron chi connectivity index (χ3n) is 11.1. The molecule has 0 N–H and O–H groups in total. The second-order valence-corrected chi connectivity index (χ2v) is 16.6. The second kappa shape index (κ2) is 12.8. The van der Waals surface area contributed by atoms with Crippen LogP contribution in [0.15, 0.2) is 182 Å². The van der Waals surface area contributed by atoms with E-state index in [0.717, 1.165) is 16.7 Å². The summed E-state index contributed by atoms with van der Waals surface area (Å²) in [6, 6.07) is 65.1. The largest absolute Gasteiger partial charge is 0.309 e. The second-order valence-electron chi connectivity index (χ2n) is 14.4. The smallest absolute Gasteiger partial charge is 0.164 e. The first kappa shape index (κ1) is 32.3. The zero-order valence-corrected chi connectivity index (χ0v) is 32.1. The fourth-order valence-corrected chi connectivity index (χ4v) is 10.6.